The molecule has 1 amide bonds. The maximum absolute atomic E-state index is 14.4. The molecule has 0 bridgehead atoms. The third-order valence-corrected chi connectivity index (χ3v) is 7.98. The highest BCUT2D eigenvalue weighted by atomic mass is 32.2. The van der Waals surface area contributed by atoms with E-state index in [0.29, 0.717) is 43.3 Å². The average molecular weight is 585 g/mol. The van der Waals surface area contributed by atoms with Crippen LogP contribution in [0.4, 0.5) is 32.0 Å². The van der Waals surface area contributed by atoms with Crippen molar-refractivity contribution in [1.29, 1.82) is 0 Å². The third-order valence-electron chi connectivity index (χ3n) is 6.86. The van der Waals surface area contributed by atoms with Crippen LogP contribution in [0.25, 0.3) is 5.57 Å². The zero-order valence-electron chi connectivity index (χ0n) is 21.2. The first-order valence-corrected chi connectivity index (χ1v) is 13.3. The Morgan fingerprint density at radius 2 is 1.62 bits per heavy atom. The monoisotopic (exact) mass is 584 g/mol. The first kappa shape index (κ1) is 29.6. The molecule has 0 radical (unpaired) electrons. The Kier molecular flexibility index (Phi) is 8.57. The van der Waals surface area contributed by atoms with Gasteiger partial charge in [-0.1, -0.05) is 48.7 Å². The number of alkyl halides is 6. The molecule has 2 heterocycles. The second kappa shape index (κ2) is 11.6. The number of benzene rings is 2. The molecule has 0 saturated carbocycles. The van der Waals surface area contributed by atoms with Crippen molar-refractivity contribution >= 4 is 34.9 Å². The van der Waals surface area contributed by atoms with Crippen molar-refractivity contribution < 1.29 is 41.0 Å². The SMILES string of the molecule is C=C(C(=O)N1CC=CCC1)c1ccc(Sc2ccccc2N2CCCC(C(=O)O)C2)c(C(F)(F)F)c1C(F)(F)F. The second-order valence-electron chi connectivity index (χ2n) is 9.54. The Balaban J connectivity index is 1.79. The van der Waals surface area contributed by atoms with E-state index in [4.69, 9.17) is 0 Å². The number of carbonyl (C=O) groups is 2. The van der Waals surface area contributed by atoms with E-state index < -0.39 is 57.3 Å². The normalized spacial score (nSPS) is 18.1. The van der Waals surface area contributed by atoms with Crippen molar-refractivity contribution in [2.75, 3.05) is 31.1 Å². The molecule has 1 saturated heterocycles. The molecular formula is C28H26F6N2O3S. The number of anilines is 1. The van der Waals surface area contributed by atoms with Crippen LogP contribution in [-0.4, -0.2) is 48.1 Å². The number of piperidine rings is 1. The maximum Gasteiger partial charge on any atom is 0.418 e. The van der Waals surface area contributed by atoms with E-state index in [2.05, 4.69) is 6.58 Å². The molecule has 4 rings (SSSR count). The molecule has 12 heteroatoms. The number of carbonyl (C=O) groups excluding carboxylic acids is 1. The zero-order valence-corrected chi connectivity index (χ0v) is 22.0. The van der Waals surface area contributed by atoms with Crippen molar-refractivity contribution in [3.63, 3.8) is 0 Å². The number of hydrogen-bond acceptors (Lipinski definition) is 4. The molecule has 1 N–H and O–H groups in total. The van der Waals surface area contributed by atoms with E-state index in [0.717, 1.165) is 12.1 Å². The van der Waals surface area contributed by atoms with Crippen LogP contribution in [0.15, 0.2) is 64.9 Å². The van der Waals surface area contributed by atoms with Gasteiger partial charge in [0.2, 0.25) is 0 Å². The Bertz CT molecular complexity index is 1340. The predicted octanol–water partition coefficient (Wildman–Crippen LogP) is 6.98. The van der Waals surface area contributed by atoms with Crippen LogP contribution in [0.1, 0.15) is 36.0 Å². The number of hydrogen-bond donors (Lipinski definition) is 1. The van der Waals surface area contributed by atoms with Gasteiger partial charge in [-0.25, -0.2) is 0 Å². The van der Waals surface area contributed by atoms with Crippen molar-refractivity contribution in [3.8, 4) is 0 Å². The third kappa shape index (κ3) is 6.32. The van der Waals surface area contributed by atoms with Crippen LogP contribution in [0.2, 0.25) is 0 Å². The van der Waals surface area contributed by atoms with Crippen molar-refractivity contribution in [3.05, 3.63) is 71.8 Å². The number of halogens is 6. The van der Waals surface area contributed by atoms with Crippen LogP contribution in [-0.2, 0) is 21.9 Å². The molecule has 0 aliphatic carbocycles. The van der Waals surface area contributed by atoms with Crippen LogP contribution in [0, 0.1) is 5.92 Å². The standard InChI is InChI=1S/C28H26F6N2O3S/c1-17(25(37)35-13-5-2-6-14-35)19-11-12-22(24(28(32,33)34)23(19)27(29,30)31)40-21-10-4-3-9-20(21)36-15-7-8-18(16-36)26(38)39/h2-5,9-12,18H,1,6-8,13-16H2,(H,38,39). The van der Waals surface area contributed by atoms with Gasteiger partial charge >= 0.3 is 18.3 Å². The summed E-state index contributed by atoms with van der Waals surface area (Å²) in [4.78, 5) is 26.9. The summed E-state index contributed by atoms with van der Waals surface area (Å²) in [5.74, 6) is -2.53. The van der Waals surface area contributed by atoms with Crippen LogP contribution in [0.5, 0.6) is 0 Å². The molecule has 2 aromatic carbocycles. The van der Waals surface area contributed by atoms with Gasteiger partial charge in [-0.05, 0) is 43.0 Å². The molecule has 214 valence electrons. The second-order valence-corrected chi connectivity index (χ2v) is 10.6. The van der Waals surface area contributed by atoms with E-state index in [1.165, 1.54) is 11.0 Å². The Morgan fingerprint density at radius 1 is 0.925 bits per heavy atom. The summed E-state index contributed by atoms with van der Waals surface area (Å²) in [6.45, 7) is 4.37. The minimum Gasteiger partial charge on any atom is -0.481 e. The molecular weight excluding hydrogens is 558 g/mol. The van der Waals surface area contributed by atoms with E-state index in [1.54, 1.807) is 35.3 Å². The fourth-order valence-corrected chi connectivity index (χ4v) is 6.09. The smallest absolute Gasteiger partial charge is 0.418 e. The minimum absolute atomic E-state index is 0.120. The largest absolute Gasteiger partial charge is 0.481 e. The lowest BCUT2D eigenvalue weighted by Crippen LogP contribution is -2.38. The average Bonchev–Trinajstić information content (AvgIpc) is 2.91. The maximum atomic E-state index is 14.4. The first-order chi connectivity index (χ1) is 18.8. The summed E-state index contributed by atoms with van der Waals surface area (Å²) in [6, 6.07) is 8.06. The van der Waals surface area contributed by atoms with Gasteiger partial charge in [-0.2, -0.15) is 26.3 Å². The predicted molar refractivity (Wildman–Crippen MR) is 139 cm³/mol. The topological polar surface area (TPSA) is 60.9 Å². The molecule has 0 aromatic heterocycles. The molecule has 2 aliphatic heterocycles. The van der Waals surface area contributed by atoms with Gasteiger partial charge in [0, 0.05) is 41.5 Å². The summed E-state index contributed by atoms with van der Waals surface area (Å²) in [7, 11) is 0. The Hall–Kier alpha value is -3.41. The van der Waals surface area contributed by atoms with E-state index >= 15 is 0 Å². The summed E-state index contributed by atoms with van der Waals surface area (Å²) < 4.78 is 86.3. The summed E-state index contributed by atoms with van der Waals surface area (Å²) in [6.07, 6.45) is -5.94. The lowest BCUT2D eigenvalue weighted by Gasteiger charge is -2.34. The van der Waals surface area contributed by atoms with Gasteiger partial charge in [-0.15, -0.1) is 0 Å². The summed E-state index contributed by atoms with van der Waals surface area (Å²) in [5, 5.41) is 9.43. The molecule has 1 fully saturated rings. The summed E-state index contributed by atoms with van der Waals surface area (Å²) >= 11 is 0.515. The first-order valence-electron chi connectivity index (χ1n) is 12.5. The van der Waals surface area contributed by atoms with E-state index in [9.17, 15) is 41.0 Å². The molecule has 5 nitrogen and oxygen atoms in total. The van der Waals surface area contributed by atoms with Gasteiger partial charge in [0.1, 0.15) is 0 Å². The fourth-order valence-electron chi connectivity index (χ4n) is 4.95. The lowest BCUT2D eigenvalue weighted by molar-refractivity contribution is -0.163. The Morgan fingerprint density at radius 3 is 2.25 bits per heavy atom. The van der Waals surface area contributed by atoms with Crippen LogP contribution >= 0.6 is 11.8 Å². The fraction of sp³-hybridized carbons (Fsp3) is 0.357. The van der Waals surface area contributed by atoms with Crippen LogP contribution < -0.4 is 4.90 Å². The lowest BCUT2D eigenvalue weighted by atomic mass is 9.94. The van der Waals surface area contributed by atoms with Crippen LogP contribution in [0.3, 0.4) is 0 Å². The summed E-state index contributed by atoms with van der Waals surface area (Å²) in [5.41, 5.74) is -5.01. The Labute approximate surface area is 231 Å². The van der Waals surface area contributed by atoms with Gasteiger partial charge in [0.15, 0.2) is 0 Å². The minimum atomic E-state index is -5.44. The molecule has 2 aromatic rings. The number of carboxylic acids is 1. The zero-order chi connectivity index (χ0) is 29.2. The molecule has 2 aliphatic rings. The molecule has 0 spiro atoms. The van der Waals surface area contributed by atoms with Crippen molar-refractivity contribution in [1.82, 2.24) is 4.90 Å². The number of aliphatic carboxylic acids is 1. The van der Waals surface area contributed by atoms with E-state index in [1.807, 2.05) is 0 Å². The highest BCUT2D eigenvalue weighted by Crippen LogP contribution is 2.50. The van der Waals surface area contributed by atoms with Gasteiger partial charge in [-0.3, -0.25) is 9.59 Å². The van der Waals surface area contributed by atoms with Gasteiger partial charge in [0.25, 0.3) is 5.91 Å². The van der Waals surface area contributed by atoms with Gasteiger partial charge in [0.05, 0.1) is 22.7 Å². The molecule has 1 unspecified atom stereocenters. The van der Waals surface area contributed by atoms with E-state index in [-0.39, 0.29) is 24.5 Å². The van der Waals surface area contributed by atoms with Gasteiger partial charge < -0.3 is 14.9 Å². The van der Waals surface area contributed by atoms with Crippen molar-refractivity contribution in [2.24, 2.45) is 5.92 Å². The number of nitrogens with zero attached hydrogens (tertiary/aromatic N) is 2. The highest BCUT2D eigenvalue weighted by Gasteiger charge is 2.47. The van der Waals surface area contributed by atoms with Crippen molar-refractivity contribution in [2.45, 2.75) is 41.4 Å². The molecule has 1 atom stereocenters. The molecule has 40 heavy (non-hydrogen) atoms. The number of amides is 1. The highest BCUT2D eigenvalue weighted by molar-refractivity contribution is 7.99. The quantitative estimate of drug-likeness (QED) is 0.226. The number of rotatable bonds is 6. The number of carboxylic acid groups (broad SMARTS) is 1. The number of para-hydroxylation sites is 1.